The van der Waals surface area contributed by atoms with Gasteiger partial charge in [0, 0.05) is 40.7 Å². The van der Waals surface area contributed by atoms with Gasteiger partial charge in [-0.1, -0.05) is 37.6 Å². The van der Waals surface area contributed by atoms with Gasteiger partial charge < -0.3 is 5.73 Å². The summed E-state index contributed by atoms with van der Waals surface area (Å²) in [5.41, 5.74) is 7.51. The van der Waals surface area contributed by atoms with Crippen molar-refractivity contribution in [2.75, 3.05) is 18.8 Å². The fourth-order valence-corrected chi connectivity index (χ4v) is 4.16. The topological polar surface area (TPSA) is 29.3 Å². The second-order valence-corrected chi connectivity index (χ2v) is 8.49. The first-order valence-electron chi connectivity index (χ1n) is 7.28. The fourth-order valence-electron chi connectivity index (χ4n) is 2.85. The molecular weight excluding hydrogens is 288 g/mol. The summed E-state index contributed by atoms with van der Waals surface area (Å²) in [6.45, 7) is 8.95. The Morgan fingerprint density at radius 3 is 2.75 bits per heavy atom. The van der Waals surface area contributed by atoms with E-state index in [-0.39, 0.29) is 12.1 Å². The molecule has 0 spiro atoms. The SMILES string of the molecule is CC(N)C(c1cccc(Cl)c1)N1CCSC(C)(C)CC1. The molecule has 112 valence electrons. The third-order valence-electron chi connectivity index (χ3n) is 3.95. The maximum atomic E-state index is 6.28. The molecule has 2 nitrogen and oxygen atoms in total. The predicted molar refractivity (Wildman–Crippen MR) is 90.6 cm³/mol. The zero-order valence-electron chi connectivity index (χ0n) is 12.6. The Labute approximate surface area is 132 Å². The molecule has 2 N–H and O–H groups in total. The quantitative estimate of drug-likeness (QED) is 0.916. The van der Waals surface area contributed by atoms with Crippen molar-refractivity contribution in [3.05, 3.63) is 34.9 Å². The molecule has 1 aliphatic heterocycles. The average Bonchev–Trinajstić information content (AvgIpc) is 2.51. The van der Waals surface area contributed by atoms with Crippen molar-refractivity contribution >= 4 is 23.4 Å². The number of halogens is 1. The van der Waals surface area contributed by atoms with Crippen LogP contribution in [-0.2, 0) is 0 Å². The van der Waals surface area contributed by atoms with Crippen molar-refractivity contribution in [3.8, 4) is 0 Å². The Morgan fingerprint density at radius 2 is 2.10 bits per heavy atom. The van der Waals surface area contributed by atoms with E-state index in [1.54, 1.807) is 0 Å². The molecule has 20 heavy (non-hydrogen) atoms. The lowest BCUT2D eigenvalue weighted by Crippen LogP contribution is -2.41. The van der Waals surface area contributed by atoms with Crippen LogP contribution >= 0.6 is 23.4 Å². The Kier molecular flexibility index (Phi) is 5.41. The van der Waals surface area contributed by atoms with Crippen LogP contribution in [0.25, 0.3) is 0 Å². The maximum absolute atomic E-state index is 6.28. The molecule has 0 bridgehead atoms. The van der Waals surface area contributed by atoms with E-state index in [0.717, 1.165) is 23.9 Å². The normalized spacial score (nSPS) is 23.1. The van der Waals surface area contributed by atoms with Gasteiger partial charge in [-0.3, -0.25) is 4.90 Å². The van der Waals surface area contributed by atoms with E-state index in [1.807, 2.05) is 12.1 Å². The number of rotatable bonds is 3. The van der Waals surface area contributed by atoms with Crippen LogP contribution in [0.1, 0.15) is 38.8 Å². The van der Waals surface area contributed by atoms with Gasteiger partial charge in [0.2, 0.25) is 0 Å². The zero-order valence-corrected chi connectivity index (χ0v) is 14.2. The van der Waals surface area contributed by atoms with Crippen LogP contribution in [0.5, 0.6) is 0 Å². The fraction of sp³-hybridized carbons (Fsp3) is 0.625. The highest BCUT2D eigenvalue weighted by molar-refractivity contribution is 8.00. The minimum absolute atomic E-state index is 0.0969. The van der Waals surface area contributed by atoms with E-state index < -0.39 is 0 Å². The molecule has 2 rings (SSSR count). The highest BCUT2D eigenvalue weighted by Crippen LogP contribution is 2.34. The summed E-state index contributed by atoms with van der Waals surface area (Å²) >= 11 is 8.21. The van der Waals surface area contributed by atoms with E-state index in [0.29, 0.717) is 4.75 Å². The lowest BCUT2D eigenvalue weighted by Gasteiger charge is -2.34. The van der Waals surface area contributed by atoms with Crippen molar-refractivity contribution in [1.82, 2.24) is 4.90 Å². The second kappa shape index (κ2) is 6.69. The molecule has 1 saturated heterocycles. The first kappa shape index (κ1) is 16.2. The van der Waals surface area contributed by atoms with Crippen LogP contribution in [0.2, 0.25) is 5.02 Å². The summed E-state index contributed by atoms with van der Waals surface area (Å²) in [7, 11) is 0. The van der Waals surface area contributed by atoms with E-state index in [2.05, 4.69) is 49.6 Å². The van der Waals surface area contributed by atoms with Gasteiger partial charge in [0.25, 0.3) is 0 Å². The van der Waals surface area contributed by atoms with Gasteiger partial charge >= 0.3 is 0 Å². The van der Waals surface area contributed by atoms with Gasteiger partial charge in [0.05, 0.1) is 0 Å². The van der Waals surface area contributed by atoms with E-state index >= 15 is 0 Å². The zero-order chi connectivity index (χ0) is 14.8. The minimum atomic E-state index is 0.0969. The molecule has 0 saturated carbocycles. The molecular formula is C16H25ClN2S. The molecule has 1 aromatic rings. The third kappa shape index (κ3) is 4.14. The maximum Gasteiger partial charge on any atom is 0.0497 e. The molecule has 1 aliphatic rings. The molecule has 1 fully saturated rings. The summed E-state index contributed by atoms with van der Waals surface area (Å²) < 4.78 is 0.367. The molecule has 2 unspecified atom stereocenters. The van der Waals surface area contributed by atoms with E-state index in [1.165, 1.54) is 12.0 Å². The van der Waals surface area contributed by atoms with E-state index in [4.69, 9.17) is 17.3 Å². The Morgan fingerprint density at radius 1 is 1.35 bits per heavy atom. The Bertz CT molecular complexity index is 448. The van der Waals surface area contributed by atoms with Crippen molar-refractivity contribution in [3.63, 3.8) is 0 Å². The summed E-state index contributed by atoms with van der Waals surface area (Å²) in [4.78, 5) is 2.53. The molecule has 2 atom stereocenters. The summed E-state index contributed by atoms with van der Waals surface area (Å²) in [6, 6.07) is 8.48. The van der Waals surface area contributed by atoms with Crippen LogP contribution in [0.4, 0.5) is 0 Å². The second-order valence-electron chi connectivity index (χ2n) is 6.25. The number of nitrogens with two attached hydrogens (primary N) is 1. The first-order chi connectivity index (χ1) is 9.39. The molecule has 0 aliphatic carbocycles. The van der Waals surface area contributed by atoms with Crippen LogP contribution in [0, 0.1) is 0 Å². The molecule has 0 amide bonds. The number of hydrogen-bond donors (Lipinski definition) is 1. The van der Waals surface area contributed by atoms with Gasteiger partial charge in [-0.15, -0.1) is 0 Å². The van der Waals surface area contributed by atoms with Crippen molar-refractivity contribution < 1.29 is 0 Å². The minimum Gasteiger partial charge on any atom is -0.326 e. The molecule has 0 radical (unpaired) electrons. The van der Waals surface area contributed by atoms with Crippen molar-refractivity contribution in [2.45, 2.75) is 44.0 Å². The summed E-state index contributed by atoms with van der Waals surface area (Å²) in [6.07, 6.45) is 1.20. The molecule has 1 heterocycles. The largest absolute Gasteiger partial charge is 0.326 e. The van der Waals surface area contributed by atoms with E-state index in [9.17, 15) is 0 Å². The Balaban J connectivity index is 2.21. The number of nitrogens with zero attached hydrogens (tertiary/aromatic N) is 1. The van der Waals surface area contributed by atoms with Gasteiger partial charge in [0.1, 0.15) is 0 Å². The first-order valence-corrected chi connectivity index (χ1v) is 8.64. The van der Waals surface area contributed by atoms with Gasteiger partial charge in [-0.05, 0) is 31.0 Å². The highest BCUT2D eigenvalue weighted by Gasteiger charge is 2.29. The van der Waals surface area contributed by atoms with Gasteiger partial charge in [0.15, 0.2) is 0 Å². The van der Waals surface area contributed by atoms with Crippen LogP contribution < -0.4 is 5.73 Å². The van der Waals surface area contributed by atoms with Crippen LogP contribution in [0.15, 0.2) is 24.3 Å². The number of thioether (sulfide) groups is 1. The monoisotopic (exact) mass is 312 g/mol. The smallest absolute Gasteiger partial charge is 0.0497 e. The van der Waals surface area contributed by atoms with Gasteiger partial charge in [-0.25, -0.2) is 0 Å². The lowest BCUT2D eigenvalue weighted by atomic mass is 9.98. The number of benzene rings is 1. The van der Waals surface area contributed by atoms with Crippen molar-refractivity contribution in [2.24, 2.45) is 5.73 Å². The standard InChI is InChI=1S/C16H25ClN2S/c1-12(18)15(13-5-4-6-14(17)11-13)19-8-7-16(2,3)20-10-9-19/h4-6,11-12,15H,7-10,18H2,1-3H3. The lowest BCUT2D eigenvalue weighted by molar-refractivity contribution is 0.184. The van der Waals surface area contributed by atoms with Gasteiger partial charge in [-0.2, -0.15) is 11.8 Å². The molecule has 0 aromatic heterocycles. The number of hydrogen-bond acceptors (Lipinski definition) is 3. The van der Waals surface area contributed by atoms with Crippen LogP contribution in [0.3, 0.4) is 0 Å². The average molecular weight is 313 g/mol. The third-order valence-corrected chi connectivity index (χ3v) is 5.56. The van der Waals surface area contributed by atoms with Crippen molar-refractivity contribution in [1.29, 1.82) is 0 Å². The predicted octanol–water partition coefficient (Wildman–Crippen LogP) is 3.95. The molecule has 1 aromatic carbocycles. The van der Waals surface area contributed by atoms with Crippen LogP contribution in [-0.4, -0.2) is 34.5 Å². The molecule has 4 heteroatoms. The highest BCUT2D eigenvalue weighted by atomic mass is 35.5. The Hall–Kier alpha value is -0.220. The summed E-state index contributed by atoms with van der Waals surface area (Å²) in [5.74, 6) is 1.16. The summed E-state index contributed by atoms with van der Waals surface area (Å²) in [5, 5.41) is 0.790.